The van der Waals surface area contributed by atoms with E-state index in [9.17, 15) is 36.3 Å². The van der Waals surface area contributed by atoms with Gasteiger partial charge < -0.3 is 82.4 Å². The predicted octanol–water partition coefficient (Wildman–Crippen LogP) is 20.7. The SMILES string of the molecule is Brc1cnc2[nH]ccc2n1.CO.COC(=O)c1cnc2c(ccn2COCC[Si](C)(C)C)n1.C[Si](C)(C)CCOCn1ccc2nc(Br)cnc21.C[Si](C)(C)CCOCn1ccc2nc(C(=O)O)cnc21.C[Si](C)(C)CCOCn1ncc(NC(=O)c2cnc3c(ccn3COCC[Si](C)(C)C)n2)c1-c1cc(Cl)ccc1OC(F)F.Nc1cn[nH]c1-c1cc(Cl)ccc1OC(F)F.[2H]CF. The van der Waals surface area contributed by atoms with Crippen LogP contribution in [0.3, 0.4) is 0 Å². The molecule has 0 radical (unpaired) electrons. The maximum absolute atomic E-state index is 13.4. The number of aliphatic hydroxyl groups excluding tert-OH is 1. The molecule has 14 aromatic rings. The number of ether oxygens (including phenoxy) is 8. The molecular weight excluding hydrogens is 2000 g/mol. The summed E-state index contributed by atoms with van der Waals surface area (Å²) in [7, 11) is -4.39. The van der Waals surface area contributed by atoms with Crippen molar-refractivity contribution in [3.63, 3.8) is 0 Å². The lowest BCUT2D eigenvalue weighted by Gasteiger charge is -2.17. The van der Waals surface area contributed by atoms with Gasteiger partial charge in [0.1, 0.15) is 87.6 Å². The normalized spacial score (nSPS) is 11.7. The molecule has 0 spiro atoms. The molecule has 0 aliphatic heterocycles. The molecule has 0 aliphatic rings. The number of esters is 1. The first-order valence-corrected chi connectivity index (χ1v) is 62.7. The van der Waals surface area contributed by atoms with Crippen LogP contribution in [-0.2, 0) is 62.1 Å². The third-order valence-corrected chi connectivity index (χ3v) is 28.4. The molecule has 0 bridgehead atoms. The van der Waals surface area contributed by atoms with E-state index in [-0.39, 0.29) is 51.6 Å². The third kappa shape index (κ3) is 36.8. The van der Waals surface area contributed by atoms with Crippen molar-refractivity contribution in [3.8, 4) is 34.0 Å². The average molecular weight is 2120 g/mol. The Hall–Kier alpha value is -10.2. The lowest BCUT2D eigenvalue weighted by molar-refractivity contribution is -0.0501. The summed E-state index contributed by atoms with van der Waals surface area (Å²) in [6.45, 7) is 33.8. The number of halogens is 9. The summed E-state index contributed by atoms with van der Waals surface area (Å²) >= 11 is 18.6. The number of aromatic amines is 2. The third-order valence-electron chi connectivity index (χ3n) is 18.6. The number of fused-ring (bicyclic) bond motifs is 5. The lowest BCUT2D eigenvalue weighted by atomic mass is 10.1. The number of nitrogens with one attached hydrogen (secondary N) is 3. The molecule has 726 valence electrons. The molecule has 2 aromatic carbocycles. The molecule has 0 saturated heterocycles. The summed E-state index contributed by atoms with van der Waals surface area (Å²) in [5.41, 5.74) is 14.8. The van der Waals surface area contributed by atoms with Crippen molar-refractivity contribution in [1.82, 2.24) is 93.1 Å². The summed E-state index contributed by atoms with van der Waals surface area (Å²) in [6, 6.07) is 23.1. The highest BCUT2D eigenvalue weighted by Crippen LogP contribution is 2.39. The minimum absolute atomic E-state index is 0.0136. The number of nitrogen functional groups attached to an aromatic ring is 1. The van der Waals surface area contributed by atoms with Crippen LogP contribution in [0.5, 0.6) is 11.5 Å². The van der Waals surface area contributed by atoms with Crippen LogP contribution in [0.2, 0.25) is 138 Å². The van der Waals surface area contributed by atoms with Crippen molar-refractivity contribution >= 4 is 180 Å². The number of anilines is 2. The summed E-state index contributed by atoms with van der Waals surface area (Å²) in [6.07, 6.45) is 19.5. The number of hydrogen-bond acceptors (Lipinski definition) is 25. The van der Waals surface area contributed by atoms with Gasteiger partial charge in [0.2, 0.25) is 0 Å². The highest BCUT2D eigenvalue weighted by Gasteiger charge is 2.26. The Morgan fingerprint density at radius 1 is 0.507 bits per heavy atom. The molecule has 0 unspecified atom stereocenters. The minimum Gasteiger partial charge on any atom is -0.476 e. The van der Waals surface area contributed by atoms with Crippen LogP contribution in [0.1, 0.15) is 32.8 Å². The Bertz CT molecular complexity index is 6090. The molecule has 0 fully saturated rings. The number of hydrogen-bond donors (Lipinski definition) is 6. The van der Waals surface area contributed by atoms with Crippen LogP contribution in [0.15, 0.2) is 150 Å². The van der Waals surface area contributed by atoms with E-state index in [4.69, 9.17) is 68.9 Å². The summed E-state index contributed by atoms with van der Waals surface area (Å²) in [5.74, 6) is -2.25. The number of carboxylic acids is 1. The minimum atomic E-state index is -3.07. The number of benzene rings is 2. The van der Waals surface area contributed by atoms with Crippen molar-refractivity contribution in [1.29, 1.82) is 0 Å². The number of nitrogens with zero attached hydrogens (tertiary/aromatic N) is 17. The van der Waals surface area contributed by atoms with E-state index in [1.807, 2.05) is 67.5 Å². The number of carboxylic acid groups (broad SMARTS) is 1. The smallest absolute Gasteiger partial charge is 0.387 e. The van der Waals surface area contributed by atoms with Gasteiger partial charge >= 0.3 is 25.2 Å². The van der Waals surface area contributed by atoms with E-state index in [0.717, 1.165) is 82.6 Å². The van der Waals surface area contributed by atoms with E-state index in [1.54, 1.807) is 24.5 Å². The van der Waals surface area contributed by atoms with Crippen LogP contribution in [-0.4, -0.2) is 229 Å². The Labute approximate surface area is 806 Å². The number of carbonyl (C=O) groups is 3. The number of alkyl halides is 5. The van der Waals surface area contributed by atoms with Gasteiger partial charge in [0.15, 0.2) is 39.6 Å². The van der Waals surface area contributed by atoms with Crippen molar-refractivity contribution in [2.45, 2.75) is 175 Å². The van der Waals surface area contributed by atoms with Crippen LogP contribution in [0.4, 0.5) is 33.3 Å². The Kier molecular flexibility index (Phi) is 43.0. The topological polar surface area (TPSA) is 414 Å². The summed E-state index contributed by atoms with van der Waals surface area (Å²) in [4.78, 5) is 81.1. The molecule has 0 atom stereocenters. The average Bonchev–Trinajstić information content (AvgIpc) is 1.66. The Morgan fingerprint density at radius 2 is 0.881 bits per heavy atom. The highest BCUT2D eigenvalue weighted by atomic mass is 79.9. The molecule has 0 aliphatic carbocycles. The number of aromatic nitrogens is 19. The van der Waals surface area contributed by atoms with E-state index < -0.39 is 78.6 Å². The second-order valence-electron chi connectivity index (χ2n) is 35.5. The van der Waals surface area contributed by atoms with E-state index in [1.165, 1.54) is 85.2 Å². The first-order chi connectivity index (χ1) is 63.8. The molecule has 7 N–H and O–H groups in total. The van der Waals surface area contributed by atoms with Gasteiger partial charge in [0, 0.05) is 133 Å². The first-order valence-electron chi connectivity index (χ1n) is 42.5. The lowest BCUT2D eigenvalue weighted by Crippen LogP contribution is -2.22. The Morgan fingerprint density at radius 3 is 1.29 bits per heavy atom. The number of amides is 1. The quantitative estimate of drug-likeness (QED) is 0.00930. The number of nitrogens with two attached hydrogens (primary N) is 1. The van der Waals surface area contributed by atoms with Crippen molar-refractivity contribution in [2.24, 2.45) is 0 Å². The predicted molar refractivity (Wildman–Crippen MR) is 531 cm³/mol. The fraction of sp³-hybridized carbons (Fsp3) is 0.407. The van der Waals surface area contributed by atoms with E-state index in [0.29, 0.717) is 101 Å². The van der Waals surface area contributed by atoms with Gasteiger partial charge in [0.25, 0.3) is 5.91 Å². The van der Waals surface area contributed by atoms with Crippen LogP contribution in [0.25, 0.3) is 78.3 Å². The Balaban J connectivity index is 0.000000232. The number of methoxy groups -OCH3 is 1. The van der Waals surface area contributed by atoms with Gasteiger partial charge in [-0.3, -0.25) is 14.3 Å². The molecule has 34 nitrogen and oxygen atoms in total. The largest absolute Gasteiger partial charge is 0.476 e. The molecule has 14 rings (SSSR count). The van der Waals surface area contributed by atoms with E-state index in [2.05, 4.69) is 215 Å². The number of aromatic carboxylic acids is 1. The van der Waals surface area contributed by atoms with Crippen molar-refractivity contribution in [2.75, 3.05) is 65.5 Å². The monoisotopic (exact) mass is 2110 g/mol. The van der Waals surface area contributed by atoms with Crippen LogP contribution in [0, 0.1) is 0 Å². The van der Waals surface area contributed by atoms with Gasteiger partial charge in [-0.15, -0.1) is 0 Å². The molecule has 0 saturated carbocycles. The molecule has 48 heteroatoms. The zero-order valence-electron chi connectivity index (χ0n) is 78.7. The standard InChI is InChI=1S/C29H39ClF2N6O4Si2.C14H21N3O3Si.C13H19N3O3Si.C12H18BrN3OSi.C10H8ClF2N3O.C6H4BrN3.CH3F.CH4O/c1-43(2,3)13-11-40-18-37-10-9-22-27(37)33-16-24(35-22)28(39)36-23-17-34-38(19-41-12-14-44(4,5)6)26(23)21-15-20(30)7-8-25(21)42-29(31)32;1-19-14(18)12-9-15-13-11(16-12)5-6-17(13)10-20-7-8-21(2,3)4;1-20(2,3)7-6-19-9-16-5-4-10-12(16)14-8-11(15-10)13(17)18;1-18(2,3)7-6-17-9-16-5-4-10-12(16)14-8-11(13)15-10;11-5-1-2-8(17-10(12)13)6(3-5)9-7(14)4-15-16-9;7-5-3-9-6-4(10-5)1-2-8-6;2*1-2/h7-10,15-17,29H,11-14,18-19H2,1-6H3,(H,36,39);5-6,9H,7-8,10H2,1-4H3;4-5,8H,6-7,9H2,1-3H3,(H,17,18);4-5,8H,6-7,9H2,1-3H3;1-4,10H,14H2,(H,15,16);1-3H,(H,8,9);1H3;2H,1H3/i;;;;;;1D;. The van der Waals surface area contributed by atoms with Gasteiger partial charge in [0.05, 0.1) is 81.8 Å². The molecular formula is C86H116Br2Cl2F5N21O13Si5. The number of carbonyl (C=O) groups excluding carboxylic acids is 2. The van der Waals surface area contributed by atoms with Gasteiger partial charge in [-0.1, -0.05) is 121 Å². The second kappa shape index (κ2) is 52.8. The number of H-pyrrole nitrogens is 2. The molecule has 1 amide bonds. The maximum Gasteiger partial charge on any atom is 0.387 e. The number of rotatable bonds is 35. The fourth-order valence-corrected chi connectivity index (χ4v) is 16.2. The zero-order valence-corrected chi connectivity index (χ0v) is 87.4. The second-order valence-corrected chi connectivity index (χ2v) is 66.1. The highest BCUT2D eigenvalue weighted by molar-refractivity contribution is 9.10. The van der Waals surface area contributed by atoms with Crippen molar-refractivity contribution in [3.05, 3.63) is 177 Å². The number of aliphatic hydroxyl groups is 1. The van der Waals surface area contributed by atoms with Crippen LogP contribution < -0.4 is 20.5 Å². The van der Waals surface area contributed by atoms with Gasteiger partial charge in [-0.05, 0) is 129 Å². The maximum atomic E-state index is 13.4. The summed E-state index contributed by atoms with van der Waals surface area (Å²) < 4.78 is 120. The molecule has 12 aromatic heterocycles. The molecule has 134 heavy (non-hydrogen) atoms. The first kappa shape index (κ1) is 109. The zero-order chi connectivity index (χ0) is 99.5. The van der Waals surface area contributed by atoms with Crippen molar-refractivity contribution < 1.29 is 85.8 Å². The van der Waals surface area contributed by atoms with Crippen LogP contribution >= 0.6 is 55.1 Å². The summed E-state index contributed by atoms with van der Waals surface area (Å²) in [5, 5.41) is 30.0. The van der Waals surface area contributed by atoms with Gasteiger partial charge in [-0.25, -0.2) is 64.1 Å². The van der Waals surface area contributed by atoms with E-state index >= 15 is 0 Å². The molecule has 12 heterocycles. The van der Waals surface area contributed by atoms with Gasteiger partial charge in [-0.2, -0.15) is 27.8 Å². The fourth-order valence-electron chi connectivity index (χ4n) is 11.5.